The number of hydrogen-bond donors (Lipinski definition) is 1. The molecular weight excluding hydrogens is 372 g/mol. The lowest BCUT2D eigenvalue weighted by molar-refractivity contribution is -0.140. The second-order valence-corrected chi connectivity index (χ2v) is 8.67. The smallest absolute Gasteiger partial charge is 0.224 e. The van der Waals surface area contributed by atoms with Gasteiger partial charge in [0.1, 0.15) is 0 Å². The molecule has 2 aliphatic rings. The molecule has 1 atom stereocenters. The van der Waals surface area contributed by atoms with E-state index in [0.29, 0.717) is 32.0 Å². The van der Waals surface area contributed by atoms with Crippen molar-refractivity contribution in [2.24, 2.45) is 5.92 Å². The molecule has 0 spiro atoms. The van der Waals surface area contributed by atoms with Crippen LogP contribution in [0.5, 0.6) is 0 Å². The summed E-state index contributed by atoms with van der Waals surface area (Å²) in [6.45, 7) is 1.23. The molecule has 2 fully saturated rings. The number of nitrogens with zero attached hydrogens (tertiary/aromatic N) is 1. The number of amides is 2. The van der Waals surface area contributed by atoms with Crippen molar-refractivity contribution in [2.75, 3.05) is 13.1 Å². The lowest BCUT2D eigenvalue weighted by Gasteiger charge is -2.36. The molecule has 1 heterocycles. The van der Waals surface area contributed by atoms with E-state index in [1.807, 2.05) is 17.0 Å². The second-order valence-electron chi connectivity index (χ2n) is 8.67. The molecule has 4 rings (SSSR count). The third kappa shape index (κ3) is 4.92. The number of likely N-dealkylation sites (tertiary alicyclic amines) is 1. The van der Waals surface area contributed by atoms with Crippen molar-refractivity contribution in [1.82, 2.24) is 10.2 Å². The first-order valence-electron chi connectivity index (χ1n) is 11.4. The van der Waals surface area contributed by atoms with E-state index in [-0.39, 0.29) is 23.7 Å². The van der Waals surface area contributed by atoms with Crippen molar-refractivity contribution in [2.45, 2.75) is 56.9 Å². The van der Waals surface area contributed by atoms with Crippen LogP contribution in [0.25, 0.3) is 0 Å². The minimum Gasteiger partial charge on any atom is -0.356 e. The summed E-state index contributed by atoms with van der Waals surface area (Å²) in [7, 11) is 0. The van der Waals surface area contributed by atoms with Crippen molar-refractivity contribution in [3.05, 3.63) is 71.8 Å². The molecule has 1 saturated carbocycles. The maximum absolute atomic E-state index is 12.9. The summed E-state index contributed by atoms with van der Waals surface area (Å²) in [5.74, 6) is 0.523. The Morgan fingerprint density at radius 2 is 1.53 bits per heavy atom. The summed E-state index contributed by atoms with van der Waals surface area (Å²) in [6, 6.07) is 21.3. The van der Waals surface area contributed by atoms with Crippen LogP contribution in [0.15, 0.2) is 60.7 Å². The minimum atomic E-state index is -0.0739. The minimum absolute atomic E-state index is 0.0739. The Hall–Kier alpha value is -2.62. The van der Waals surface area contributed by atoms with Crippen LogP contribution in [0.3, 0.4) is 0 Å². The first kappa shape index (κ1) is 20.6. The van der Waals surface area contributed by atoms with E-state index in [1.165, 1.54) is 24.0 Å². The highest BCUT2D eigenvalue weighted by atomic mass is 16.2. The zero-order chi connectivity index (χ0) is 20.8. The maximum atomic E-state index is 12.9. The second kappa shape index (κ2) is 9.92. The number of rotatable bonds is 7. The van der Waals surface area contributed by atoms with Crippen molar-refractivity contribution in [3.63, 3.8) is 0 Å². The van der Waals surface area contributed by atoms with Gasteiger partial charge in [-0.2, -0.15) is 0 Å². The van der Waals surface area contributed by atoms with Gasteiger partial charge in [0.2, 0.25) is 11.8 Å². The molecule has 2 aromatic carbocycles. The van der Waals surface area contributed by atoms with Gasteiger partial charge in [0.05, 0.1) is 5.92 Å². The lowest BCUT2D eigenvalue weighted by atomic mass is 9.88. The zero-order valence-electron chi connectivity index (χ0n) is 17.6. The largest absolute Gasteiger partial charge is 0.356 e. The summed E-state index contributed by atoms with van der Waals surface area (Å²) in [6.07, 6.45) is 6.63. The topological polar surface area (TPSA) is 49.4 Å². The van der Waals surface area contributed by atoms with E-state index in [1.54, 1.807) is 0 Å². The maximum Gasteiger partial charge on any atom is 0.224 e. The van der Waals surface area contributed by atoms with Crippen LogP contribution < -0.4 is 5.32 Å². The van der Waals surface area contributed by atoms with E-state index >= 15 is 0 Å². The van der Waals surface area contributed by atoms with Gasteiger partial charge < -0.3 is 10.2 Å². The number of benzene rings is 2. The number of hydrogen-bond acceptors (Lipinski definition) is 2. The molecule has 4 nitrogen and oxygen atoms in total. The molecular formula is C26H32N2O2. The van der Waals surface area contributed by atoms with E-state index < -0.39 is 0 Å². The fourth-order valence-electron chi connectivity index (χ4n) is 5.04. The fourth-order valence-corrected chi connectivity index (χ4v) is 5.04. The van der Waals surface area contributed by atoms with Gasteiger partial charge in [-0.3, -0.25) is 9.59 Å². The van der Waals surface area contributed by atoms with Crippen LogP contribution in [0, 0.1) is 5.92 Å². The van der Waals surface area contributed by atoms with Gasteiger partial charge in [-0.05, 0) is 36.8 Å². The van der Waals surface area contributed by atoms with Crippen molar-refractivity contribution in [3.8, 4) is 0 Å². The van der Waals surface area contributed by atoms with E-state index in [4.69, 9.17) is 0 Å². The monoisotopic (exact) mass is 404 g/mol. The summed E-state index contributed by atoms with van der Waals surface area (Å²) in [4.78, 5) is 27.2. The van der Waals surface area contributed by atoms with Gasteiger partial charge in [-0.1, -0.05) is 73.5 Å². The predicted molar refractivity (Wildman–Crippen MR) is 119 cm³/mol. The Kier molecular flexibility index (Phi) is 6.83. The summed E-state index contributed by atoms with van der Waals surface area (Å²) in [5.41, 5.74) is 2.54. The molecule has 2 aromatic rings. The summed E-state index contributed by atoms with van der Waals surface area (Å²) in [5, 5.41) is 3.17. The Bertz CT molecular complexity index is 791. The van der Waals surface area contributed by atoms with Crippen molar-refractivity contribution < 1.29 is 9.59 Å². The first-order chi connectivity index (χ1) is 14.7. The SMILES string of the molecule is O=C(NCCC(c1ccccc1)c1ccccc1)[C@@H]1CCC(=O)N(C2CCCC2)C1. The third-order valence-electron chi connectivity index (χ3n) is 6.72. The lowest BCUT2D eigenvalue weighted by Crippen LogP contribution is -2.49. The first-order valence-corrected chi connectivity index (χ1v) is 11.4. The summed E-state index contributed by atoms with van der Waals surface area (Å²) >= 11 is 0. The number of nitrogens with one attached hydrogen (secondary N) is 1. The normalized spacial score (nSPS) is 20.0. The molecule has 0 aromatic heterocycles. The molecule has 0 bridgehead atoms. The van der Waals surface area contributed by atoms with E-state index in [9.17, 15) is 9.59 Å². The van der Waals surface area contributed by atoms with E-state index in [0.717, 1.165) is 19.3 Å². The highest BCUT2D eigenvalue weighted by molar-refractivity contribution is 5.84. The number of carbonyl (C=O) groups is 2. The Morgan fingerprint density at radius 1 is 0.933 bits per heavy atom. The molecule has 1 aliphatic heterocycles. The molecule has 0 radical (unpaired) electrons. The molecule has 4 heteroatoms. The Morgan fingerprint density at radius 3 is 2.13 bits per heavy atom. The molecule has 158 valence electrons. The van der Waals surface area contributed by atoms with Crippen LogP contribution in [-0.2, 0) is 9.59 Å². The third-order valence-corrected chi connectivity index (χ3v) is 6.72. The molecule has 2 amide bonds. The zero-order valence-corrected chi connectivity index (χ0v) is 17.6. The highest BCUT2D eigenvalue weighted by Crippen LogP contribution is 2.29. The van der Waals surface area contributed by atoms with Gasteiger partial charge in [0.25, 0.3) is 0 Å². The average molecular weight is 405 g/mol. The predicted octanol–water partition coefficient (Wildman–Crippen LogP) is 4.51. The van der Waals surface area contributed by atoms with Gasteiger partial charge in [-0.25, -0.2) is 0 Å². The average Bonchev–Trinajstić information content (AvgIpc) is 3.33. The number of piperidine rings is 1. The van der Waals surface area contributed by atoms with Crippen LogP contribution in [0.4, 0.5) is 0 Å². The molecule has 1 saturated heterocycles. The van der Waals surface area contributed by atoms with Gasteiger partial charge in [0, 0.05) is 31.5 Å². The number of carbonyl (C=O) groups excluding carboxylic acids is 2. The van der Waals surface area contributed by atoms with Crippen LogP contribution in [0.1, 0.15) is 62.0 Å². The van der Waals surface area contributed by atoms with Gasteiger partial charge in [0.15, 0.2) is 0 Å². The van der Waals surface area contributed by atoms with Gasteiger partial charge >= 0.3 is 0 Å². The van der Waals surface area contributed by atoms with Crippen molar-refractivity contribution in [1.29, 1.82) is 0 Å². The fraction of sp³-hybridized carbons (Fsp3) is 0.462. The van der Waals surface area contributed by atoms with Crippen LogP contribution in [0.2, 0.25) is 0 Å². The molecule has 1 aliphatic carbocycles. The quantitative estimate of drug-likeness (QED) is 0.738. The van der Waals surface area contributed by atoms with Gasteiger partial charge in [-0.15, -0.1) is 0 Å². The molecule has 0 unspecified atom stereocenters. The molecule has 30 heavy (non-hydrogen) atoms. The molecule has 1 N–H and O–H groups in total. The van der Waals surface area contributed by atoms with E-state index in [2.05, 4.69) is 53.8 Å². The standard InChI is InChI=1S/C26H32N2O2/c29-25-16-15-22(19-28(25)23-13-7-8-14-23)26(30)27-18-17-24(20-9-3-1-4-10-20)21-11-5-2-6-12-21/h1-6,9-12,22-24H,7-8,13-19H2,(H,27,30)/t22-/m1/s1. The Balaban J connectivity index is 1.35. The summed E-state index contributed by atoms with van der Waals surface area (Å²) < 4.78 is 0. The Labute approximate surface area is 179 Å². The van der Waals surface area contributed by atoms with Crippen LogP contribution >= 0.6 is 0 Å². The van der Waals surface area contributed by atoms with Crippen molar-refractivity contribution >= 4 is 11.8 Å². The van der Waals surface area contributed by atoms with Crippen LogP contribution in [-0.4, -0.2) is 35.8 Å². The highest BCUT2D eigenvalue weighted by Gasteiger charge is 2.35.